The number of fused-ring (bicyclic) bond motifs is 3. The number of carbonyl (C=O) groups is 5. The van der Waals surface area contributed by atoms with Gasteiger partial charge in [-0.15, -0.1) is 0 Å². The van der Waals surface area contributed by atoms with Crippen molar-refractivity contribution in [3.05, 3.63) is 52.1 Å². The molecule has 4 aliphatic rings. The minimum absolute atomic E-state index is 0.0435. The highest BCUT2D eigenvalue weighted by atomic mass is 16.5. The first-order chi connectivity index (χ1) is 17.6. The molecule has 3 aliphatic carbocycles. The third-order valence-corrected chi connectivity index (χ3v) is 7.76. The molecule has 0 radical (unpaired) electrons. The van der Waals surface area contributed by atoms with Crippen LogP contribution in [-0.4, -0.2) is 60.8 Å². The number of ether oxygens (including phenoxy) is 3. The SMILES string of the molecule is COC(=O)N1C(=O)C2CC=C3C(c4c(O)cc(OC)cc4OC)C4=C(CC3C2C1=O)C(=O)C(C)=CC4=O. The summed E-state index contributed by atoms with van der Waals surface area (Å²) in [7, 11) is 3.92. The van der Waals surface area contributed by atoms with E-state index in [1.54, 1.807) is 19.1 Å². The van der Waals surface area contributed by atoms with Gasteiger partial charge in [0.15, 0.2) is 11.6 Å². The monoisotopic (exact) mass is 507 g/mol. The van der Waals surface area contributed by atoms with E-state index >= 15 is 0 Å². The molecule has 5 rings (SSSR count). The summed E-state index contributed by atoms with van der Waals surface area (Å²) < 4.78 is 15.5. The first-order valence-electron chi connectivity index (χ1n) is 11.7. The number of imide groups is 3. The Bertz CT molecular complexity index is 1380. The van der Waals surface area contributed by atoms with Crippen LogP contribution >= 0.6 is 0 Å². The van der Waals surface area contributed by atoms with Gasteiger partial charge in [0.2, 0.25) is 11.8 Å². The zero-order valence-electron chi connectivity index (χ0n) is 20.7. The maximum atomic E-state index is 13.4. The lowest BCUT2D eigenvalue weighted by atomic mass is 9.59. The number of phenolic OH excluding ortho intramolecular Hbond substituents is 1. The zero-order chi connectivity index (χ0) is 26.8. The van der Waals surface area contributed by atoms with E-state index in [2.05, 4.69) is 4.74 Å². The molecule has 1 fully saturated rings. The molecule has 1 aromatic rings. The number of ketones is 2. The van der Waals surface area contributed by atoms with E-state index in [4.69, 9.17) is 9.47 Å². The summed E-state index contributed by atoms with van der Waals surface area (Å²) in [4.78, 5) is 65.8. The van der Waals surface area contributed by atoms with Crippen LogP contribution in [0.15, 0.2) is 46.6 Å². The van der Waals surface area contributed by atoms with Crippen LogP contribution in [0.5, 0.6) is 17.2 Å². The predicted molar refractivity (Wildman–Crippen MR) is 127 cm³/mol. The molecular weight excluding hydrogens is 482 g/mol. The number of rotatable bonds is 3. The van der Waals surface area contributed by atoms with Crippen molar-refractivity contribution >= 4 is 29.5 Å². The van der Waals surface area contributed by atoms with Gasteiger partial charge in [0.1, 0.15) is 17.2 Å². The van der Waals surface area contributed by atoms with E-state index in [1.807, 2.05) is 0 Å². The minimum atomic E-state index is -1.06. The fourth-order valence-electron chi connectivity index (χ4n) is 6.15. The van der Waals surface area contributed by atoms with Crippen molar-refractivity contribution in [2.24, 2.45) is 17.8 Å². The number of nitrogens with zero attached hydrogens (tertiary/aromatic N) is 1. The predicted octanol–water partition coefficient (Wildman–Crippen LogP) is 2.61. The number of hydrogen-bond acceptors (Lipinski definition) is 9. The van der Waals surface area contributed by atoms with Crippen LogP contribution in [0.4, 0.5) is 4.79 Å². The van der Waals surface area contributed by atoms with Crippen molar-refractivity contribution in [2.45, 2.75) is 25.7 Å². The van der Waals surface area contributed by atoms with Crippen LogP contribution < -0.4 is 9.47 Å². The Balaban J connectivity index is 1.73. The number of carbonyl (C=O) groups excluding carboxylic acids is 5. The second-order valence-corrected chi connectivity index (χ2v) is 9.47. The molecule has 0 saturated carbocycles. The van der Waals surface area contributed by atoms with Gasteiger partial charge < -0.3 is 19.3 Å². The molecule has 1 N–H and O–H groups in total. The Labute approximate surface area is 212 Å². The topological polar surface area (TPSA) is 137 Å². The van der Waals surface area contributed by atoms with Crippen molar-refractivity contribution < 1.29 is 43.3 Å². The summed E-state index contributed by atoms with van der Waals surface area (Å²) in [6.45, 7) is 1.54. The number of phenols is 1. The smallest absolute Gasteiger partial charge is 0.423 e. The Hall–Kier alpha value is -4.21. The number of amides is 3. The highest BCUT2D eigenvalue weighted by Crippen LogP contribution is 2.57. The van der Waals surface area contributed by atoms with Gasteiger partial charge in [-0.05, 0) is 31.8 Å². The van der Waals surface area contributed by atoms with Crippen molar-refractivity contribution in [3.63, 3.8) is 0 Å². The molecule has 192 valence electrons. The second kappa shape index (κ2) is 8.72. The van der Waals surface area contributed by atoms with E-state index in [0.717, 1.165) is 7.11 Å². The van der Waals surface area contributed by atoms with Crippen molar-refractivity contribution in [1.29, 1.82) is 0 Å². The van der Waals surface area contributed by atoms with Crippen LogP contribution in [-0.2, 0) is 23.9 Å². The first kappa shape index (κ1) is 24.5. The lowest BCUT2D eigenvalue weighted by Gasteiger charge is -2.42. The molecule has 10 heteroatoms. The van der Waals surface area contributed by atoms with Crippen LogP contribution in [0.2, 0.25) is 0 Å². The second-order valence-electron chi connectivity index (χ2n) is 9.47. The number of aromatic hydroxyl groups is 1. The van der Waals surface area contributed by atoms with Gasteiger partial charge in [0.25, 0.3) is 0 Å². The fourth-order valence-corrected chi connectivity index (χ4v) is 6.15. The van der Waals surface area contributed by atoms with Gasteiger partial charge in [0.05, 0.1) is 33.2 Å². The Morgan fingerprint density at radius 2 is 1.76 bits per heavy atom. The number of allylic oxidation sites excluding steroid dienone is 6. The third-order valence-electron chi connectivity index (χ3n) is 7.76. The molecule has 3 amide bonds. The number of hydrogen-bond donors (Lipinski definition) is 1. The van der Waals surface area contributed by atoms with E-state index in [0.29, 0.717) is 16.2 Å². The zero-order valence-corrected chi connectivity index (χ0v) is 20.7. The van der Waals surface area contributed by atoms with Gasteiger partial charge in [-0.1, -0.05) is 11.6 Å². The lowest BCUT2D eigenvalue weighted by Crippen LogP contribution is -2.40. The lowest BCUT2D eigenvalue weighted by molar-refractivity contribution is -0.137. The Morgan fingerprint density at radius 3 is 2.41 bits per heavy atom. The van der Waals surface area contributed by atoms with Crippen LogP contribution in [0.3, 0.4) is 0 Å². The van der Waals surface area contributed by atoms with Crippen LogP contribution in [0.25, 0.3) is 0 Å². The first-order valence-corrected chi connectivity index (χ1v) is 11.7. The summed E-state index contributed by atoms with van der Waals surface area (Å²) >= 11 is 0. The third kappa shape index (κ3) is 3.42. The highest BCUT2D eigenvalue weighted by Gasteiger charge is 2.58. The van der Waals surface area contributed by atoms with Crippen molar-refractivity contribution in [1.82, 2.24) is 4.90 Å². The van der Waals surface area contributed by atoms with E-state index in [-0.39, 0.29) is 58.2 Å². The van der Waals surface area contributed by atoms with Gasteiger partial charge in [-0.25, -0.2) is 4.79 Å². The number of methoxy groups -OCH3 is 3. The van der Waals surface area contributed by atoms with Crippen LogP contribution in [0.1, 0.15) is 31.2 Å². The molecule has 1 aromatic carbocycles. The molecule has 10 nitrogen and oxygen atoms in total. The van der Waals surface area contributed by atoms with E-state index in [9.17, 15) is 29.1 Å². The molecule has 1 aliphatic heterocycles. The maximum absolute atomic E-state index is 13.4. The van der Waals surface area contributed by atoms with Crippen LogP contribution in [0, 0.1) is 17.8 Å². The largest absolute Gasteiger partial charge is 0.507 e. The number of likely N-dealkylation sites (tertiary alicyclic amines) is 1. The van der Waals surface area contributed by atoms with Gasteiger partial charge in [-0.2, -0.15) is 4.90 Å². The van der Waals surface area contributed by atoms with Gasteiger partial charge >= 0.3 is 6.09 Å². The molecule has 4 atom stereocenters. The van der Waals surface area contributed by atoms with Crippen molar-refractivity contribution in [2.75, 3.05) is 21.3 Å². The quantitative estimate of drug-likeness (QED) is 0.372. The number of Topliss-reactive ketones (excluding diaryl/α,β-unsaturated/α-hetero) is 1. The average molecular weight is 507 g/mol. The molecule has 0 bridgehead atoms. The summed E-state index contributed by atoms with van der Waals surface area (Å²) in [6, 6.07) is 2.94. The summed E-state index contributed by atoms with van der Waals surface area (Å²) in [5, 5.41) is 11.1. The average Bonchev–Trinajstić information content (AvgIpc) is 3.15. The van der Waals surface area contributed by atoms with E-state index in [1.165, 1.54) is 26.4 Å². The molecule has 0 aromatic heterocycles. The molecule has 4 unspecified atom stereocenters. The summed E-state index contributed by atoms with van der Waals surface area (Å²) in [5.74, 6) is -5.03. The summed E-state index contributed by atoms with van der Waals surface area (Å²) in [5.41, 5.74) is 1.56. The van der Waals surface area contributed by atoms with Gasteiger partial charge in [-0.3, -0.25) is 19.2 Å². The molecule has 37 heavy (non-hydrogen) atoms. The van der Waals surface area contributed by atoms with Crippen molar-refractivity contribution in [3.8, 4) is 17.2 Å². The highest BCUT2D eigenvalue weighted by molar-refractivity contribution is 6.24. The minimum Gasteiger partial charge on any atom is -0.507 e. The number of benzene rings is 1. The van der Waals surface area contributed by atoms with E-state index < -0.39 is 41.6 Å². The standard InChI is InChI=1S/C27H25NO9/c1-11-7-17(29)21-16(24(11)31)10-15-13(22(21)23-18(30)8-12(35-2)9-19(23)36-3)5-6-14-20(15)26(33)28(25(14)32)27(34)37-4/h5,7-9,14-15,20,22,30H,6,10H2,1-4H3. The molecule has 0 spiro atoms. The maximum Gasteiger partial charge on any atom is 0.423 e. The summed E-state index contributed by atoms with van der Waals surface area (Å²) in [6.07, 6.45) is 2.18. The fraction of sp³-hybridized carbons (Fsp3) is 0.370. The Morgan fingerprint density at radius 1 is 1.03 bits per heavy atom. The molecule has 1 heterocycles. The normalized spacial score (nSPS) is 26.8. The Kier molecular flexibility index (Phi) is 5.77. The van der Waals surface area contributed by atoms with Gasteiger partial charge in [0, 0.05) is 40.3 Å². The molecule has 1 saturated heterocycles. The molecular formula is C27H25NO9.